The first kappa shape index (κ1) is 8.04. The number of likely N-dealkylation sites (tertiary alicyclic amines) is 1. The third kappa shape index (κ3) is 1.50. The summed E-state index contributed by atoms with van der Waals surface area (Å²) in [7, 11) is 0. The quantitative estimate of drug-likeness (QED) is 0.549. The van der Waals surface area contributed by atoms with E-state index in [0.29, 0.717) is 6.54 Å². The summed E-state index contributed by atoms with van der Waals surface area (Å²) in [6.07, 6.45) is 1.73. The molecule has 11 heavy (non-hydrogen) atoms. The molecule has 0 spiro atoms. The van der Waals surface area contributed by atoms with Crippen LogP contribution in [0, 0.1) is 5.92 Å². The van der Waals surface area contributed by atoms with Crippen LogP contribution in [0.3, 0.4) is 0 Å². The Labute approximate surface area is 65.3 Å². The molecule has 1 aliphatic heterocycles. The molecule has 0 radical (unpaired) electrons. The molecule has 4 nitrogen and oxygen atoms in total. The van der Waals surface area contributed by atoms with Crippen molar-refractivity contribution in [3.63, 3.8) is 0 Å². The SMILES string of the molecule is C[C@@H]1CCCN(C(N)=O)C1=O. The summed E-state index contributed by atoms with van der Waals surface area (Å²) in [5.41, 5.74) is 4.99. The molecule has 4 heteroatoms. The monoisotopic (exact) mass is 156 g/mol. The van der Waals surface area contributed by atoms with Gasteiger partial charge < -0.3 is 5.73 Å². The minimum absolute atomic E-state index is 0.0451. The first-order chi connectivity index (χ1) is 5.13. The van der Waals surface area contributed by atoms with Gasteiger partial charge in [0.1, 0.15) is 0 Å². The summed E-state index contributed by atoms with van der Waals surface area (Å²) in [4.78, 5) is 22.9. The Kier molecular flexibility index (Phi) is 2.12. The third-order valence-corrected chi connectivity index (χ3v) is 1.97. The number of imide groups is 1. The highest BCUT2D eigenvalue weighted by atomic mass is 16.2. The summed E-state index contributed by atoms with van der Waals surface area (Å²) in [6, 6.07) is -0.624. The number of carbonyl (C=O) groups excluding carboxylic acids is 2. The van der Waals surface area contributed by atoms with Gasteiger partial charge in [-0.3, -0.25) is 9.69 Å². The van der Waals surface area contributed by atoms with Gasteiger partial charge in [-0.1, -0.05) is 6.92 Å². The van der Waals surface area contributed by atoms with Crippen molar-refractivity contribution >= 4 is 11.9 Å². The van der Waals surface area contributed by atoms with E-state index in [1.807, 2.05) is 6.92 Å². The zero-order chi connectivity index (χ0) is 8.43. The number of urea groups is 1. The highest BCUT2D eigenvalue weighted by molar-refractivity contribution is 5.95. The van der Waals surface area contributed by atoms with Gasteiger partial charge in [-0.15, -0.1) is 0 Å². The van der Waals surface area contributed by atoms with Gasteiger partial charge in [-0.25, -0.2) is 4.79 Å². The predicted molar refractivity (Wildman–Crippen MR) is 39.7 cm³/mol. The minimum Gasteiger partial charge on any atom is -0.351 e. The van der Waals surface area contributed by atoms with Crippen LogP contribution in [0.1, 0.15) is 19.8 Å². The second-order valence-electron chi connectivity index (χ2n) is 2.87. The number of nitrogens with two attached hydrogens (primary N) is 1. The molecular formula is C7H12N2O2. The number of rotatable bonds is 0. The van der Waals surface area contributed by atoms with Crippen LogP contribution in [0.4, 0.5) is 4.79 Å². The molecule has 62 valence electrons. The molecule has 1 fully saturated rings. The number of amides is 3. The van der Waals surface area contributed by atoms with Crippen molar-refractivity contribution in [1.29, 1.82) is 0 Å². The average Bonchev–Trinajstić information content (AvgIpc) is 1.94. The van der Waals surface area contributed by atoms with Crippen molar-refractivity contribution in [1.82, 2.24) is 4.90 Å². The van der Waals surface area contributed by atoms with Crippen LogP contribution in [0.25, 0.3) is 0 Å². The highest BCUT2D eigenvalue weighted by Gasteiger charge is 2.27. The van der Waals surface area contributed by atoms with Crippen molar-refractivity contribution < 1.29 is 9.59 Å². The van der Waals surface area contributed by atoms with E-state index in [2.05, 4.69) is 0 Å². The molecule has 0 unspecified atom stereocenters. The summed E-state index contributed by atoms with van der Waals surface area (Å²) >= 11 is 0. The van der Waals surface area contributed by atoms with Crippen molar-refractivity contribution in [2.45, 2.75) is 19.8 Å². The Bertz CT molecular complexity index is 191. The molecule has 1 atom stereocenters. The van der Waals surface area contributed by atoms with E-state index < -0.39 is 6.03 Å². The van der Waals surface area contributed by atoms with Crippen LogP contribution in [-0.4, -0.2) is 23.4 Å². The third-order valence-electron chi connectivity index (χ3n) is 1.97. The molecule has 0 aromatic carbocycles. The van der Waals surface area contributed by atoms with Gasteiger partial charge in [0.05, 0.1) is 0 Å². The molecule has 0 aromatic heterocycles. The Hall–Kier alpha value is -1.06. The number of carbonyl (C=O) groups is 2. The van der Waals surface area contributed by atoms with E-state index in [0.717, 1.165) is 17.7 Å². The summed E-state index contributed by atoms with van der Waals surface area (Å²) < 4.78 is 0. The minimum atomic E-state index is -0.624. The fourth-order valence-electron chi connectivity index (χ4n) is 1.27. The smallest absolute Gasteiger partial charge is 0.321 e. The van der Waals surface area contributed by atoms with E-state index in [9.17, 15) is 9.59 Å². The second kappa shape index (κ2) is 2.90. The lowest BCUT2D eigenvalue weighted by Gasteiger charge is -2.27. The van der Waals surface area contributed by atoms with Crippen molar-refractivity contribution in [2.75, 3.05) is 6.54 Å². The van der Waals surface area contributed by atoms with Gasteiger partial charge in [0, 0.05) is 12.5 Å². The van der Waals surface area contributed by atoms with Crippen LogP contribution < -0.4 is 5.73 Å². The molecule has 0 bridgehead atoms. The van der Waals surface area contributed by atoms with Gasteiger partial charge >= 0.3 is 6.03 Å². The molecule has 1 rings (SSSR count). The molecule has 1 aliphatic rings. The van der Waals surface area contributed by atoms with Gasteiger partial charge in [0.25, 0.3) is 0 Å². The predicted octanol–water partition coefficient (Wildman–Crippen LogP) is 0.324. The number of hydrogen-bond acceptors (Lipinski definition) is 2. The van der Waals surface area contributed by atoms with Gasteiger partial charge in [0.15, 0.2) is 0 Å². The Morgan fingerprint density at radius 1 is 1.73 bits per heavy atom. The average molecular weight is 156 g/mol. The van der Waals surface area contributed by atoms with Crippen molar-refractivity contribution in [2.24, 2.45) is 11.7 Å². The van der Waals surface area contributed by atoms with Crippen LogP contribution in [0.5, 0.6) is 0 Å². The van der Waals surface area contributed by atoms with Crippen molar-refractivity contribution in [3.8, 4) is 0 Å². The first-order valence-electron chi connectivity index (χ1n) is 3.73. The van der Waals surface area contributed by atoms with E-state index >= 15 is 0 Å². The fraction of sp³-hybridized carbons (Fsp3) is 0.714. The van der Waals surface area contributed by atoms with Gasteiger partial charge in [-0.05, 0) is 12.8 Å². The molecule has 3 amide bonds. The van der Waals surface area contributed by atoms with Crippen LogP contribution in [0.2, 0.25) is 0 Å². The fourth-order valence-corrected chi connectivity index (χ4v) is 1.27. The Morgan fingerprint density at radius 3 is 2.82 bits per heavy atom. The Balaban J connectivity index is 2.66. The largest absolute Gasteiger partial charge is 0.351 e. The van der Waals surface area contributed by atoms with Crippen LogP contribution in [0.15, 0.2) is 0 Å². The first-order valence-corrected chi connectivity index (χ1v) is 3.73. The molecule has 1 heterocycles. The number of nitrogens with zero attached hydrogens (tertiary/aromatic N) is 1. The topological polar surface area (TPSA) is 63.4 Å². The maximum absolute atomic E-state index is 11.2. The summed E-state index contributed by atoms with van der Waals surface area (Å²) in [6.45, 7) is 2.30. The normalized spacial score (nSPS) is 25.4. The summed E-state index contributed by atoms with van der Waals surface area (Å²) in [5.74, 6) is -0.181. The lowest BCUT2D eigenvalue weighted by molar-refractivity contribution is -0.134. The Morgan fingerprint density at radius 2 is 2.36 bits per heavy atom. The zero-order valence-electron chi connectivity index (χ0n) is 6.54. The molecule has 0 aliphatic carbocycles. The van der Waals surface area contributed by atoms with E-state index in [-0.39, 0.29) is 11.8 Å². The van der Waals surface area contributed by atoms with E-state index in [1.165, 1.54) is 0 Å². The van der Waals surface area contributed by atoms with E-state index in [1.54, 1.807) is 0 Å². The molecule has 1 saturated heterocycles. The van der Waals surface area contributed by atoms with Crippen LogP contribution >= 0.6 is 0 Å². The number of piperidine rings is 1. The van der Waals surface area contributed by atoms with Gasteiger partial charge in [0.2, 0.25) is 5.91 Å². The molecule has 0 saturated carbocycles. The lowest BCUT2D eigenvalue weighted by atomic mass is 10.00. The second-order valence-corrected chi connectivity index (χ2v) is 2.87. The zero-order valence-corrected chi connectivity index (χ0v) is 6.54. The lowest BCUT2D eigenvalue weighted by Crippen LogP contribution is -2.46. The standard InChI is InChI=1S/C7H12N2O2/c1-5-3-2-4-9(6(5)10)7(8)11/h5H,2-4H2,1H3,(H2,8,11)/t5-/m1/s1. The van der Waals surface area contributed by atoms with E-state index in [4.69, 9.17) is 5.73 Å². The molecular weight excluding hydrogens is 144 g/mol. The maximum Gasteiger partial charge on any atom is 0.321 e. The highest BCUT2D eigenvalue weighted by Crippen LogP contribution is 2.16. The van der Waals surface area contributed by atoms with Gasteiger partial charge in [-0.2, -0.15) is 0 Å². The molecule has 0 aromatic rings. The number of hydrogen-bond donors (Lipinski definition) is 1. The molecule has 2 N–H and O–H groups in total. The number of primary amides is 1. The van der Waals surface area contributed by atoms with Crippen molar-refractivity contribution in [3.05, 3.63) is 0 Å². The van der Waals surface area contributed by atoms with Crippen LogP contribution in [-0.2, 0) is 4.79 Å². The maximum atomic E-state index is 11.2. The summed E-state index contributed by atoms with van der Waals surface area (Å²) in [5, 5.41) is 0.